The van der Waals surface area contributed by atoms with Crippen molar-refractivity contribution in [1.82, 2.24) is 5.32 Å². The molecule has 0 radical (unpaired) electrons. The van der Waals surface area contributed by atoms with Crippen molar-refractivity contribution in [1.29, 1.82) is 0 Å². The second-order valence-electron chi connectivity index (χ2n) is 7.07. The molecule has 2 heteroatoms. The largest absolute Gasteiger partial charge is 0.313 e. The number of hydrogen-bond acceptors (Lipinski definition) is 1. The van der Waals surface area contributed by atoms with Crippen LogP contribution >= 0.6 is 11.6 Å². The van der Waals surface area contributed by atoms with Crippen molar-refractivity contribution in [3.8, 4) is 0 Å². The topological polar surface area (TPSA) is 12.0 Å². The van der Waals surface area contributed by atoms with Crippen LogP contribution in [0.1, 0.15) is 62.3 Å². The summed E-state index contributed by atoms with van der Waals surface area (Å²) in [4.78, 5) is 0. The first kappa shape index (κ1) is 15.9. The van der Waals surface area contributed by atoms with E-state index in [4.69, 9.17) is 11.6 Å². The molecule has 0 aliphatic heterocycles. The van der Waals surface area contributed by atoms with Gasteiger partial charge in [0.1, 0.15) is 0 Å². The first-order valence-corrected chi connectivity index (χ1v) is 8.18. The zero-order chi connectivity index (χ0) is 14.9. The first-order chi connectivity index (χ1) is 9.36. The maximum Gasteiger partial charge on any atom is 0.0438 e. The maximum absolute atomic E-state index is 6.26. The number of aryl methyl sites for hydroxylation is 2. The summed E-state index contributed by atoms with van der Waals surface area (Å²) in [6, 6.07) is 4.83. The molecule has 2 unspecified atom stereocenters. The fraction of sp³-hybridized carbons (Fsp3) is 0.667. The molecule has 1 nitrogen and oxygen atoms in total. The van der Waals surface area contributed by atoms with E-state index in [1.807, 2.05) is 0 Å². The lowest BCUT2D eigenvalue weighted by Gasteiger charge is -2.44. The lowest BCUT2D eigenvalue weighted by atomic mass is 9.64. The molecule has 0 saturated heterocycles. The average molecular weight is 294 g/mol. The van der Waals surface area contributed by atoms with E-state index in [0.29, 0.717) is 17.4 Å². The molecule has 0 spiro atoms. The quantitative estimate of drug-likeness (QED) is 0.783. The SMILES string of the molecule is CNC(c1cc(C)c(Cl)cc1C)C1CCCCC1(C)C. The van der Waals surface area contributed by atoms with Gasteiger partial charge in [-0.3, -0.25) is 0 Å². The van der Waals surface area contributed by atoms with Crippen molar-refractivity contribution >= 4 is 11.6 Å². The normalized spacial score (nSPS) is 23.6. The van der Waals surface area contributed by atoms with Crippen LogP contribution in [-0.2, 0) is 0 Å². The van der Waals surface area contributed by atoms with Crippen LogP contribution < -0.4 is 5.32 Å². The van der Waals surface area contributed by atoms with Crippen molar-refractivity contribution < 1.29 is 0 Å². The summed E-state index contributed by atoms with van der Waals surface area (Å²) >= 11 is 6.26. The Morgan fingerprint density at radius 3 is 2.50 bits per heavy atom. The van der Waals surface area contributed by atoms with Crippen LogP contribution in [0.5, 0.6) is 0 Å². The lowest BCUT2D eigenvalue weighted by molar-refractivity contribution is 0.101. The molecule has 2 atom stereocenters. The summed E-state index contributed by atoms with van der Waals surface area (Å²) < 4.78 is 0. The van der Waals surface area contributed by atoms with Crippen molar-refractivity contribution in [2.75, 3.05) is 7.05 Å². The highest BCUT2D eigenvalue weighted by atomic mass is 35.5. The van der Waals surface area contributed by atoms with Crippen molar-refractivity contribution in [3.63, 3.8) is 0 Å². The molecule has 1 saturated carbocycles. The van der Waals surface area contributed by atoms with Gasteiger partial charge < -0.3 is 5.32 Å². The Labute approximate surface area is 129 Å². The lowest BCUT2D eigenvalue weighted by Crippen LogP contribution is -2.38. The standard InChI is InChI=1S/C18H28ClN/c1-12-11-16(19)13(2)10-14(12)17(20-5)15-8-6-7-9-18(15,3)4/h10-11,15,17,20H,6-9H2,1-5H3. The van der Waals surface area contributed by atoms with Crippen LogP contribution in [0, 0.1) is 25.2 Å². The molecule has 112 valence electrons. The predicted octanol–water partition coefficient (Wildman–Crippen LogP) is 5.43. The molecular formula is C18H28ClN. The van der Waals surface area contributed by atoms with E-state index in [1.54, 1.807) is 0 Å². The molecule has 0 aromatic heterocycles. The summed E-state index contributed by atoms with van der Waals surface area (Å²) in [5.41, 5.74) is 4.32. The highest BCUT2D eigenvalue weighted by Gasteiger charge is 2.38. The van der Waals surface area contributed by atoms with Crippen LogP contribution in [0.3, 0.4) is 0 Å². The van der Waals surface area contributed by atoms with Gasteiger partial charge in [-0.05, 0) is 67.8 Å². The molecule has 0 bridgehead atoms. The summed E-state index contributed by atoms with van der Waals surface area (Å²) in [6.07, 6.45) is 5.39. The third-order valence-electron chi connectivity index (χ3n) is 5.19. The van der Waals surface area contributed by atoms with Crippen LogP contribution in [0.2, 0.25) is 5.02 Å². The van der Waals surface area contributed by atoms with Gasteiger partial charge in [0, 0.05) is 11.1 Å². The minimum absolute atomic E-state index is 0.409. The van der Waals surface area contributed by atoms with E-state index in [0.717, 1.165) is 5.02 Å². The Hall–Kier alpha value is -0.530. The predicted molar refractivity (Wildman–Crippen MR) is 88.5 cm³/mol. The Morgan fingerprint density at radius 2 is 1.90 bits per heavy atom. The van der Waals surface area contributed by atoms with Gasteiger partial charge in [0.25, 0.3) is 0 Å². The Balaban J connectivity index is 2.39. The Morgan fingerprint density at radius 1 is 1.20 bits per heavy atom. The van der Waals surface area contributed by atoms with Gasteiger partial charge in [-0.1, -0.05) is 44.4 Å². The number of benzene rings is 1. The molecule has 1 N–H and O–H groups in total. The van der Waals surface area contributed by atoms with Gasteiger partial charge in [-0.15, -0.1) is 0 Å². The van der Waals surface area contributed by atoms with Crippen LogP contribution in [0.25, 0.3) is 0 Å². The molecular weight excluding hydrogens is 266 g/mol. The van der Waals surface area contributed by atoms with Gasteiger partial charge in [0.05, 0.1) is 0 Å². The van der Waals surface area contributed by atoms with Crippen LogP contribution in [0.15, 0.2) is 12.1 Å². The van der Waals surface area contributed by atoms with E-state index in [9.17, 15) is 0 Å². The fourth-order valence-corrected chi connectivity index (χ4v) is 4.07. The van der Waals surface area contributed by atoms with E-state index in [-0.39, 0.29) is 0 Å². The molecule has 1 fully saturated rings. The highest BCUT2D eigenvalue weighted by molar-refractivity contribution is 6.31. The molecule has 2 rings (SSSR count). The maximum atomic E-state index is 6.26. The molecule has 1 aromatic rings. The number of halogens is 1. The molecule has 0 amide bonds. The van der Waals surface area contributed by atoms with Crippen molar-refractivity contribution in [3.05, 3.63) is 33.8 Å². The van der Waals surface area contributed by atoms with Crippen molar-refractivity contribution in [2.45, 2.75) is 59.4 Å². The molecule has 1 aliphatic rings. The monoisotopic (exact) mass is 293 g/mol. The first-order valence-electron chi connectivity index (χ1n) is 7.80. The van der Waals surface area contributed by atoms with E-state index in [1.165, 1.54) is 42.4 Å². The second-order valence-corrected chi connectivity index (χ2v) is 7.47. The fourth-order valence-electron chi connectivity index (χ4n) is 3.85. The summed E-state index contributed by atoms with van der Waals surface area (Å²) in [6.45, 7) is 9.14. The molecule has 0 heterocycles. The van der Waals surface area contributed by atoms with Gasteiger partial charge in [0.15, 0.2) is 0 Å². The summed E-state index contributed by atoms with van der Waals surface area (Å²) in [5, 5.41) is 4.47. The number of rotatable bonds is 3. The van der Waals surface area contributed by atoms with Crippen molar-refractivity contribution in [2.24, 2.45) is 11.3 Å². The zero-order valence-corrected chi connectivity index (χ0v) is 14.3. The third kappa shape index (κ3) is 3.04. The molecule has 1 aromatic carbocycles. The second kappa shape index (κ2) is 6.07. The van der Waals surface area contributed by atoms with E-state index < -0.39 is 0 Å². The molecule has 1 aliphatic carbocycles. The Bertz CT molecular complexity index is 479. The van der Waals surface area contributed by atoms with Crippen LogP contribution in [-0.4, -0.2) is 7.05 Å². The molecule has 20 heavy (non-hydrogen) atoms. The van der Waals surface area contributed by atoms with E-state index >= 15 is 0 Å². The summed E-state index contributed by atoms with van der Waals surface area (Å²) in [5.74, 6) is 0.695. The minimum atomic E-state index is 0.409. The summed E-state index contributed by atoms with van der Waals surface area (Å²) in [7, 11) is 2.10. The van der Waals surface area contributed by atoms with Crippen LogP contribution in [0.4, 0.5) is 0 Å². The number of hydrogen-bond donors (Lipinski definition) is 1. The van der Waals surface area contributed by atoms with Gasteiger partial charge in [0.2, 0.25) is 0 Å². The zero-order valence-electron chi connectivity index (χ0n) is 13.5. The number of nitrogens with one attached hydrogen (secondary N) is 1. The van der Waals surface area contributed by atoms with E-state index in [2.05, 4.69) is 52.2 Å². The average Bonchev–Trinajstić information content (AvgIpc) is 2.37. The Kier molecular flexibility index (Phi) is 4.81. The van der Waals surface area contributed by atoms with Gasteiger partial charge in [-0.2, -0.15) is 0 Å². The minimum Gasteiger partial charge on any atom is -0.313 e. The van der Waals surface area contributed by atoms with Gasteiger partial charge >= 0.3 is 0 Å². The third-order valence-corrected chi connectivity index (χ3v) is 5.59. The van der Waals surface area contributed by atoms with Gasteiger partial charge in [-0.25, -0.2) is 0 Å². The highest BCUT2D eigenvalue weighted by Crippen LogP contribution is 2.47. The smallest absolute Gasteiger partial charge is 0.0438 e.